The van der Waals surface area contributed by atoms with E-state index in [0.29, 0.717) is 30.9 Å². The van der Waals surface area contributed by atoms with Gasteiger partial charge in [0, 0.05) is 37.3 Å². The first kappa shape index (κ1) is 20.8. The minimum Gasteiger partial charge on any atom is -0.378 e. The molecule has 0 atom stereocenters. The van der Waals surface area contributed by atoms with Crippen LogP contribution in [-0.2, 0) is 4.74 Å². The minimum absolute atomic E-state index is 0.185. The molecule has 7 nitrogen and oxygen atoms in total. The number of rotatable bonds is 7. The number of amides is 2. The second-order valence-corrected chi connectivity index (χ2v) is 7.21. The van der Waals surface area contributed by atoms with E-state index in [1.807, 2.05) is 43.3 Å². The van der Waals surface area contributed by atoms with Gasteiger partial charge in [-0.2, -0.15) is 0 Å². The van der Waals surface area contributed by atoms with Crippen molar-refractivity contribution in [2.24, 2.45) is 0 Å². The zero-order valence-corrected chi connectivity index (χ0v) is 17.0. The van der Waals surface area contributed by atoms with E-state index in [-0.39, 0.29) is 11.8 Å². The number of para-hydroxylation sites is 2. The van der Waals surface area contributed by atoms with Crippen molar-refractivity contribution in [1.82, 2.24) is 10.2 Å². The predicted molar refractivity (Wildman–Crippen MR) is 115 cm³/mol. The zero-order valence-electron chi connectivity index (χ0n) is 17.0. The third-order valence-electron chi connectivity index (χ3n) is 4.74. The van der Waals surface area contributed by atoms with Crippen molar-refractivity contribution in [3.8, 4) is 0 Å². The molecule has 0 aromatic heterocycles. The van der Waals surface area contributed by atoms with Crippen molar-refractivity contribution in [2.45, 2.75) is 0 Å². The van der Waals surface area contributed by atoms with E-state index in [4.69, 9.17) is 4.74 Å². The van der Waals surface area contributed by atoms with Crippen LogP contribution in [0, 0.1) is 0 Å². The lowest BCUT2D eigenvalue weighted by Gasteiger charge is -2.30. The number of benzene rings is 2. The van der Waals surface area contributed by atoms with Crippen molar-refractivity contribution in [2.75, 3.05) is 63.7 Å². The second-order valence-electron chi connectivity index (χ2n) is 7.21. The molecule has 0 spiro atoms. The SMILES string of the molecule is CN(C)CCNC(=O)c1cccc(C(=O)Nc2ccccc2N2CCOCC2)c1. The average Bonchev–Trinajstić information content (AvgIpc) is 2.74. The van der Waals surface area contributed by atoms with Gasteiger partial charge in [-0.15, -0.1) is 0 Å². The van der Waals surface area contributed by atoms with Crippen LogP contribution < -0.4 is 15.5 Å². The summed E-state index contributed by atoms with van der Waals surface area (Å²) in [6.07, 6.45) is 0. The predicted octanol–water partition coefficient (Wildman–Crippen LogP) is 2.07. The van der Waals surface area contributed by atoms with Crippen molar-refractivity contribution in [1.29, 1.82) is 0 Å². The number of hydrogen-bond donors (Lipinski definition) is 2. The highest BCUT2D eigenvalue weighted by molar-refractivity contribution is 6.07. The fraction of sp³-hybridized carbons (Fsp3) is 0.364. The summed E-state index contributed by atoms with van der Waals surface area (Å²) in [5, 5.41) is 5.86. The molecule has 2 aromatic rings. The lowest BCUT2D eigenvalue weighted by Crippen LogP contribution is -2.36. The molecule has 1 heterocycles. The summed E-state index contributed by atoms with van der Waals surface area (Å²) in [5.74, 6) is -0.427. The molecule has 2 aromatic carbocycles. The van der Waals surface area contributed by atoms with Crippen LogP contribution in [0.4, 0.5) is 11.4 Å². The Labute approximate surface area is 171 Å². The van der Waals surface area contributed by atoms with Crippen LogP contribution in [-0.4, -0.2) is 70.2 Å². The lowest BCUT2D eigenvalue weighted by atomic mass is 10.1. The van der Waals surface area contributed by atoms with Gasteiger partial charge in [0.15, 0.2) is 0 Å². The monoisotopic (exact) mass is 396 g/mol. The fourth-order valence-electron chi connectivity index (χ4n) is 3.15. The number of ether oxygens (including phenoxy) is 1. The topological polar surface area (TPSA) is 73.9 Å². The van der Waals surface area contributed by atoms with Gasteiger partial charge in [0.1, 0.15) is 0 Å². The van der Waals surface area contributed by atoms with E-state index >= 15 is 0 Å². The summed E-state index contributed by atoms with van der Waals surface area (Å²) in [4.78, 5) is 29.4. The average molecular weight is 396 g/mol. The van der Waals surface area contributed by atoms with E-state index in [0.717, 1.165) is 31.0 Å². The van der Waals surface area contributed by atoms with Crippen LogP contribution in [0.3, 0.4) is 0 Å². The Morgan fingerprint density at radius 3 is 2.41 bits per heavy atom. The van der Waals surface area contributed by atoms with Gasteiger partial charge in [-0.3, -0.25) is 9.59 Å². The Hall–Kier alpha value is -2.90. The number of morpholine rings is 1. The van der Waals surface area contributed by atoms with Crippen LogP contribution in [0.2, 0.25) is 0 Å². The van der Waals surface area contributed by atoms with Crippen molar-refractivity contribution < 1.29 is 14.3 Å². The molecular weight excluding hydrogens is 368 g/mol. The van der Waals surface area contributed by atoms with E-state index in [2.05, 4.69) is 15.5 Å². The second kappa shape index (κ2) is 10.0. The first-order valence-electron chi connectivity index (χ1n) is 9.80. The standard InChI is InChI=1S/C22H28N4O3/c1-25(2)11-10-23-21(27)17-6-5-7-18(16-17)22(28)24-19-8-3-4-9-20(19)26-12-14-29-15-13-26/h3-9,16H,10-15H2,1-2H3,(H,23,27)(H,24,28). The molecule has 0 unspecified atom stereocenters. The summed E-state index contributed by atoms with van der Waals surface area (Å²) in [7, 11) is 3.90. The molecule has 29 heavy (non-hydrogen) atoms. The van der Waals surface area contributed by atoms with Crippen molar-refractivity contribution >= 4 is 23.2 Å². The van der Waals surface area contributed by atoms with Gasteiger partial charge in [-0.25, -0.2) is 0 Å². The smallest absolute Gasteiger partial charge is 0.255 e. The van der Waals surface area contributed by atoms with Crippen LogP contribution in [0.25, 0.3) is 0 Å². The summed E-state index contributed by atoms with van der Waals surface area (Å²) in [5.41, 5.74) is 2.64. The van der Waals surface area contributed by atoms with E-state index in [9.17, 15) is 9.59 Å². The highest BCUT2D eigenvalue weighted by Gasteiger charge is 2.17. The highest BCUT2D eigenvalue weighted by atomic mass is 16.5. The molecule has 154 valence electrons. The molecule has 1 saturated heterocycles. The first-order chi connectivity index (χ1) is 14.0. The van der Waals surface area contributed by atoms with Gasteiger partial charge in [0.2, 0.25) is 0 Å². The maximum absolute atomic E-state index is 12.8. The maximum atomic E-state index is 12.8. The Morgan fingerprint density at radius 2 is 1.69 bits per heavy atom. The third-order valence-corrected chi connectivity index (χ3v) is 4.74. The van der Waals surface area contributed by atoms with E-state index in [1.54, 1.807) is 24.3 Å². The summed E-state index contributed by atoms with van der Waals surface area (Å²) in [6, 6.07) is 14.5. The summed E-state index contributed by atoms with van der Waals surface area (Å²) >= 11 is 0. The van der Waals surface area contributed by atoms with Gasteiger partial charge < -0.3 is 25.2 Å². The zero-order chi connectivity index (χ0) is 20.6. The van der Waals surface area contributed by atoms with Crippen molar-refractivity contribution in [3.63, 3.8) is 0 Å². The Bertz CT molecular complexity index is 847. The third kappa shape index (κ3) is 5.79. The van der Waals surface area contributed by atoms with E-state index < -0.39 is 0 Å². The molecule has 0 bridgehead atoms. The largest absolute Gasteiger partial charge is 0.378 e. The number of carbonyl (C=O) groups excluding carboxylic acids is 2. The van der Waals surface area contributed by atoms with Gasteiger partial charge in [-0.1, -0.05) is 18.2 Å². The molecule has 7 heteroatoms. The molecule has 1 aliphatic rings. The molecule has 2 amide bonds. The molecule has 1 fully saturated rings. The maximum Gasteiger partial charge on any atom is 0.255 e. The van der Waals surface area contributed by atoms with Crippen LogP contribution >= 0.6 is 0 Å². The number of carbonyl (C=O) groups is 2. The molecule has 3 rings (SSSR count). The van der Waals surface area contributed by atoms with Gasteiger partial charge in [0.05, 0.1) is 24.6 Å². The molecule has 0 saturated carbocycles. The number of nitrogens with zero attached hydrogens (tertiary/aromatic N) is 2. The minimum atomic E-state index is -0.242. The van der Waals surface area contributed by atoms with Crippen molar-refractivity contribution in [3.05, 3.63) is 59.7 Å². The Kier molecular flexibility index (Phi) is 7.21. The fourth-order valence-corrected chi connectivity index (χ4v) is 3.15. The van der Waals surface area contributed by atoms with E-state index in [1.165, 1.54) is 0 Å². The van der Waals surface area contributed by atoms with Crippen LogP contribution in [0.1, 0.15) is 20.7 Å². The normalized spacial score (nSPS) is 14.0. The summed E-state index contributed by atoms with van der Waals surface area (Å²) in [6.45, 7) is 4.23. The Morgan fingerprint density at radius 1 is 1.00 bits per heavy atom. The molecule has 0 radical (unpaired) electrons. The lowest BCUT2D eigenvalue weighted by molar-refractivity contribution is 0.0951. The number of likely N-dealkylation sites (N-methyl/N-ethyl adjacent to an activating group) is 1. The molecular formula is C22H28N4O3. The number of nitrogens with one attached hydrogen (secondary N) is 2. The molecule has 1 aliphatic heterocycles. The Balaban J connectivity index is 1.69. The van der Waals surface area contributed by atoms with Crippen LogP contribution in [0.5, 0.6) is 0 Å². The molecule has 2 N–H and O–H groups in total. The quantitative estimate of drug-likeness (QED) is 0.750. The molecule has 0 aliphatic carbocycles. The van der Waals surface area contributed by atoms with Gasteiger partial charge in [-0.05, 0) is 44.4 Å². The number of anilines is 2. The summed E-state index contributed by atoms with van der Waals surface area (Å²) < 4.78 is 5.42. The van der Waals surface area contributed by atoms with Gasteiger partial charge >= 0.3 is 0 Å². The first-order valence-corrected chi connectivity index (χ1v) is 9.80. The highest BCUT2D eigenvalue weighted by Crippen LogP contribution is 2.26. The van der Waals surface area contributed by atoms with Gasteiger partial charge in [0.25, 0.3) is 11.8 Å². The number of hydrogen-bond acceptors (Lipinski definition) is 5. The van der Waals surface area contributed by atoms with Crippen LogP contribution in [0.15, 0.2) is 48.5 Å².